The van der Waals surface area contributed by atoms with Crippen LogP contribution in [-0.2, 0) is 6.42 Å². The van der Waals surface area contributed by atoms with Crippen molar-refractivity contribution in [2.75, 3.05) is 0 Å². The molecule has 0 aliphatic heterocycles. The summed E-state index contributed by atoms with van der Waals surface area (Å²) in [5, 5.41) is 0.141. The van der Waals surface area contributed by atoms with Crippen molar-refractivity contribution < 1.29 is 4.39 Å². The van der Waals surface area contributed by atoms with Crippen molar-refractivity contribution in [3.63, 3.8) is 0 Å². The minimum absolute atomic E-state index is 0.0105. The van der Waals surface area contributed by atoms with Gasteiger partial charge in [0.2, 0.25) is 0 Å². The van der Waals surface area contributed by atoms with Crippen molar-refractivity contribution in [3.05, 3.63) is 34.6 Å². The lowest BCUT2D eigenvalue weighted by molar-refractivity contribution is 0.470. The van der Waals surface area contributed by atoms with E-state index in [9.17, 15) is 4.39 Å². The summed E-state index contributed by atoms with van der Waals surface area (Å²) >= 11 is 5.71. The lowest BCUT2D eigenvalue weighted by atomic mass is 10.0. The van der Waals surface area contributed by atoms with Gasteiger partial charge in [0.1, 0.15) is 5.82 Å². The van der Waals surface area contributed by atoms with Gasteiger partial charge in [0.15, 0.2) is 0 Å². The molecule has 0 heterocycles. The van der Waals surface area contributed by atoms with Crippen LogP contribution in [0.1, 0.15) is 24.8 Å². The molecule has 0 radical (unpaired) electrons. The van der Waals surface area contributed by atoms with Gasteiger partial charge in [-0.05, 0) is 30.9 Å². The standard InChI is InChI=1S/C13H16ClFN2/c1-2-3-4-7-11(17-16)9-10-6-5-8-12(14)13(10)15/h1,5-6,8,11,17H,3-4,7,9,16H2. The number of halogens is 2. The predicted octanol–water partition coefficient (Wildman–Crippen LogP) is 2.66. The molecule has 0 amide bonds. The van der Waals surface area contributed by atoms with Crippen LogP contribution in [0.2, 0.25) is 5.02 Å². The first-order valence-electron chi connectivity index (χ1n) is 5.51. The molecule has 0 bridgehead atoms. The molecule has 1 aromatic carbocycles. The molecule has 2 nitrogen and oxygen atoms in total. The zero-order valence-electron chi connectivity index (χ0n) is 9.55. The fraction of sp³-hybridized carbons (Fsp3) is 0.385. The maximum Gasteiger partial charge on any atom is 0.145 e. The number of nitrogens with two attached hydrogens (primary N) is 1. The van der Waals surface area contributed by atoms with Gasteiger partial charge in [-0.3, -0.25) is 11.3 Å². The topological polar surface area (TPSA) is 38.0 Å². The zero-order valence-corrected chi connectivity index (χ0v) is 10.3. The molecule has 92 valence electrons. The highest BCUT2D eigenvalue weighted by Crippen LogP contribution is 2.19. The Morgan fingerprint density at radius 2 is 2.29 bits per heavy atom. The molecule has 0 fully saturated rings. The van der Waals surface area contributed by atoms with Gasteiger partial charge in [0, 0.05) is 12.5 Å². The summed E-state index contributed by atoms with van der Waals surface area (Å²) in [5.74, 6) is 7.63. The van der Waals surface area contributed by atoms with E-state index in [1.807, 2.05) is 0 Å². The molecular weight excluding hydrogens is 239 g/mol. The monoisotopic (exact) mass is 254 g/mol. The Morgan fingerprint density at radius 1 is 1.53 bits per heavy atom. The van der Waals surface area contributed by atoms with Gasteiger partial charge in [-0.15, -0.1) is 12.3 Å². The van der Waals surface area contributed by atoms with E-state index in [0.29, 0.717) is 18.4 Å². The Kier molecular flexibility index (Phi) is 5.99. The van der Waals surface area contributed by atoms with Gasteiger partial charge in [0.25, 0.3) is 0 Å². The molecule has 0 aliphatic rings. The molecule has 4 heteroatoms. The van der Waals surface area contributed by atoms with E-state index in [0.717, 1.165) is 12.8 Å². The summed E-state index contributed by atoms with van der Waals surface area (Å²) < 4.78 is 13.7. The molecule has 0 aliphatic carbocycles. The van der Waals surface area contributed by atoms with Gasteiger partial charge < -0.3 is 0 Å². The number of benzene rings is 1. The molecule has 1 atom stereocenters. The smallest absolute Gasteiger partial charge is 0.145 e. The molecule has 0 spiro atoms. The first-order chi connectivity index (χ1) is 8.19. The summed E-state index contributed by atoms with van der Waals surface area (Å²) in [6.45, 7) is 0. The summed E-state index contributed by atoms with van der Waals surface area (Å²) in [7, 11) is 0. The Morgan fingerprint density at radius 3 is 2.94 bits per heavy atom. The molecular formula is C13H16ClFN2. The third kappa shape index (κ3) is 4.35. The summed E-state index contributed by atoms with van der Waals surface area (Å²) in [5.41, 5.74) is 3.25. The van der Waals surface area contributed by atoms with Gasteiger partial charge in [-0.1, -0.05) is 23.7 Å². The number of hydrogen-bond donors (Lipinski definition) is 2. The lowest BCUT2D eigenvalue weighted by Gasteiger charge is -2.15. The Bertz CT molecular complexity index is 401. The van der Waals surface area contributed by atoms with Crippen LogP contribution in [0.5, 0.6) is 0 Å². The Labute approximate surface area is 106 Å². The van der Waals surface area contributed by atoms with Crippen LogP contribution in [0, 0.1) is 18.2 Å². The van der Waals surface area contributed by atoms with E-state index in [1.165, 1.54) is 6.07 Å². The Balaban J connectivity index is 2.61. The zero-order chi connectivity index (χ0) is 12.7. The normalized spacial score (nSPS) is 12.1. The van der Waals surface area contributed by atoms with E-state index >= 15 is 0 Å². The van der Waals surface area contributed by atoms with Crippen LogP contribution in [0.4, 0.5) is 4.39 Å². The van der Waals surface area contributed by atoms with Crippen LogP contribution in [-0.4, -0.2) is 6.04 Å². The van der Waals surface area contributed by atoms with Crippen LogP contribution >= 0.6 is 11.6 Å². The van der Waals surface area contributed by atoms with Crippen molar-refractivity contribution in [1.29, 1.82) is 0 Å². The van der Waals surface area contributed by atoms with Gasteiger partial charge in [0.05, 0.1) is 5.02 Å². The highest BCUT2D eigenvalue weighted by Gasteiger charge is 2.12. The first kappa shape index (κ1) is 14.0. The van der Waals surface area contributed by atoms with Gasteiger partial charge in [-0.25, -0.2) is 4.39 Å². The van der Waals surface area contributed by atoms with E-state index in [2.05, 4.69) is 11.3 Å². The molecule has 1 rings (SSSR count). The molecule has 1 aromatic rings. The minimum Gasteiger partial charge on any atom is -0.271 e. The molecule has 17 heavy (non-hydrogen) atoms. The second kappa shape index (κ2) is 7.29. The van der Waals surface area contributed by atoms with E-state index in [1.54, 1.807) is 12.1 Å². The molecule has 0 aromatic heterocycles. The van der Waals surface area contributed by atoms with E-state index < -0.39 is 0 Å². The average molecular weight is 255 g/mol. The maximum atomic E-state index is 13.7. The van der Waals surface area contributed by atoms with Crippen LogP contribution < -0.4 is 11.3 Å². The second-order valence-electron chi connectivity index (χ2n) is 3.88. The third-order valence-electron chi connectivity index (χ3n) is 2.61. The number of terminal acetylenes is 1. The molecule has 1 unspecified atom stereocenters. The van der Waals surface area contributed by atoms with Crippen LogP contribution in [0.25, 0.3) is 0 Å². The van der Waals surface area contributed by atoms with Crippen molar-refractivity contribution in [2.24, 2.45) is 5.84 Å². The second-order valence-corrected chi connectivity index (χ2v) is 4.28. The van der Waals surface area contributed by atoms with Crippen LogP contribution in [0.15, 0.2) is 18.2 Å². The fourth-order valence-corrected chi connectivity index (χ4v) is 1.86. The molecule has 0 saturated carbocycles. The molecule has 3 N–H and O–H groups in total. The van der Waals surface area contributed by atoms with Crippen molar-refractivity contribution in [1.82, 2.24) is 5.43 Å². The summed E-state index contributed by atoms with van der Waals surface area (Å²) in [4.78, 5) is 0. The van der Waals surface area contributed by atoms with Crippen molar-refractivity contribution >= 4 is 11.6 Å². The average Bonchev–Trinajstić information content (AvgIpc) is 2.33. The fourth-order valence-electron chi connectivity index (χ4n) is 1.67. The van der Waals surface area contributed by atoms with Gasteiger partial charge >= 0.3 is 0 Å². The van der Waals surface area contributed by atoms with E-state index in [4.69, 9.17) is 23.9 Å². The SMILES string of the molecule is C#CCCCC(Cc1cccc(Cl)c1F)NN. The number of hydrazine groups is 1. The number of nitrogens with one attached hydrogen (secondary N) is 1. The third-order valence-corrected chi connectivity index (χ3v) is 2.90. The summed E-state index contributed by atoms with van der Waals surface area (Å²) in [6, 6.07) is 4.99. The molecule has 0 saturated heterocycles. The predicted molar refractivity (Wildman–Crippen MR) is 68.9 cm³/mol. The van der Waals surface area contributed by atoms with E-state index in [-0.39, 0.29) is 16.9 Å². The van der Waals surface area contributed by atoms with Crippen molar-refractivity contribution in [3.8, 4) is 12.3 Å². The largest absolute Gasteiger partial charge is 0.271 e. The quantitative estimate of drug-likeness (QED) is 0.355. The minimum atomic E-state index is -0.369. The summed E-state index contributed by atoms with van der Waals surface area (Å²) in [6.07, 6.45) is 8.07. The highest BCUT2D eigenvalue weighted by atomic mass is 35.5. The van der Waals surface area contributed by atoms with Crippen LogP contribution in [0.3, 0.4) is 0 Å². The highest BCUT2D eigenvalue weighted by molar-refractivity contribution is 6.30. The Hall–Kier alpha value is -1.08. The van der Waals surface area contributed by atoms with Crippen molar-refractivity contribution in [2.45, 2.75) is 31.7 Å². The lowest BCUT2D eigenvalue weighted by Crippen LogP contribution is -2.36. The number of unbranched alkanes of at least 4 members (excludes halogenated alkanes) is 1. The first-order valence-corrected chi connectivity index (χ1v) is 5.89. The number of rotatable bonds is 6. The number of hydrogen-bond acceptors (Lipinski definition) is 2. The maximum absolute atomic E-state index is 13.7. The van der Waals surface area contributed by atoms with Gasteiger partial charge in [-0.2, -0.15) is 0 Å².